The Kier molecular flexibility index (Phi) is 6.34. The summed E-state index contributed by atoms with van der Waals surface area (Å²) in [6, 6.07) is 11.4. The van der Waals surface area contributed by atoms with Crippen LogP contribution in [0.2, 0.25) is 0 Å². The van der Waals surface area contributed by atoms with Gasteiger partial charge in [-0.3, -0.25) is 9.69 Å². The summed E-state index contributed by atoms with van der Waals surface area (Å²) < 4.78 is 5.25. The summed E-state index contributed by atoms with van der Waals surface area (Å²) in [5.74, 6) is 1.17. The van der Waals surface area contributed by atoms with E-state index in [0.717, 1.165) is 43.7 Å². The number of carbonyl (C=O) groups excluding carboxylic acids is 1. The minimum absolute atomic E-state index is 0.106. The van der Waals surface area contributed by atoms with E-state index in [1.807, 2.05) is 30.3 Å². The van der Waals surface area contributed by atoms with Crippen molar-refractivity contribution in [3.63, 3.8) is 0 Å². The molecule has 1 aromatic heterocycles. The molecule has 1 aliphatic heterocycles. The molecule has 5 heteroatoms. The first-order valence-corrected chi connectivity index (χ1v) is 9.78. The van der Waals surface area contributed by atoms with Gasteiger partial charge in [0, 0.05) is 17.6 Å². The normalized spacial score (nSPS) is 20.3. The number of nitrogens with one attached hydrogen (secondary N) is 1. The summed E-state index contributed by atoms with van der Waals surface area (Å²) in [6.45, 7) is 6.73. The highest BCUT2D eigenvalue weighted by atomic mass is 16.3. The molecule has 2 aromatic rings. The average Bonchev–Trinajstić information content (AvgIpc) is 3.30. The van der Waals surface area contributed by atoms with Gasteiger partial charge >= 0.3 is 0 Å². The van der Waals surface area contributed by atoms with Crippen molar-refractivity contribution in [1.29, 1.82) is 0 Å². The van der Waals surface area contributed by atoms with Gasteiger partial charge in [0.25, 0.3) is 5.91 Å². The molecule has 1 unspecified atom stereocenters. The monoisotopic (exact) mass is 370 g/mol. The van der Waals surface area contributed by atoms with E-state index in [9.17, 15) is 9.90 Å². The molecule has 0 saturated carbocycles. The van der Waals surface area contributed by atoms with Gasteiger partial charge in [-0.15, -0.1) is 0 Å². The van der Waals surface area contributed by atoms with Crippen LogP contribution >= 0.6 is 0 Å². The first-order chi connectivity index (χ1) is 13.0. The molecule has 1 amide bonds. The van der Waals surface area contributed by atoms with Crippen molar-refractivity contribution in [2.45, 2.75) is 51.7 Å². The van der Waals surface area contributed by atoms with Gasteiger partial charge in [-0.05, 0) is 61.6 Å². The number of hydrogen-bond acceptors (Lipinski definition) is 4. The number of likely N-dealkylation sites (tertiary alicyclic amines) is 1. The van der Waals surface area contributed by atoms with E-state index in [1.165, 1.54) is 0 Å². The van der Waals surface area contributed by atoms with Crippen LogP contribution in [0.4, 0.5) is 0 Å². The molecule has 146 valence electrons. The van der Waals surface area contributed by atoms with Crippen molar-refractivity contribution in [3.8, 4) is 0 Å². The van der Waals surface area contributed by atoms with Crippen LogP contribution in [0.1, 0.15) is 54.8 Å². The highest BCUT2D eigenvalue weighted by Crippen LogP contribution is 2.35. The summed E-state index contributed by atoms with van der Waals surface area (Å²) in [7, 11) is 0. The highest BCUT2D eigenvalue weighted by molar-refractivity contribution is 5.94. The molecule has 1 aliphatic rings. The molecule has 3 rings (SSSR count). The predicted octanol–water partition coefficient (Wildman–Crippen LogP) is 3.58. The van der Waals surface area contributed by atoms with Gasteiger partial charge in [0.1, 0.15) is 5.76 Å². The number of carbonyl (C=O) groups is 1. The van der Waals surface area contributed by atoms with Crippen molar-refractivity contribution in [3.05, 3.63) is 59.5 Å². The van der Waals surface area contributed by atoms with E-state index in [-0.39, 0.29) is 18.1 Å². The number of aliphatic hydroxyl groups excluding tert-OH is 1. The Balaban J connectivity index is 1.67. The molecule has 1 atom stereocenters. The van der Waals surface area contributed by atoms with E-state index in [1.54, 1.807) is 6.26 Å². The molecule has 0 radical (unpaired) electrons. The Bertz CT molecular complexity index is 742. The molecule has 2 N–H and O–H groups in total. The Morgan fingerprint density at radius 1 is 1.33 bits per heavy atom. The van der Waals surface area contributed by atoms with Gasteiger partial charge in [-0.1, -0.05) is 26.0 Å². The minimum atomic E-state index is -0.133. The molecule has 2 heterocycles. The first kappa shape index (κ1) is 19.6. The summed E-state index contributed by atoms with van der Waals surface area (Å²) >= 11 is 0. The molecule has 1 fully saturated rings. The minimum Gasteiger partial charge on any atom is -0.467 e. The lowest BCUT2D eigenvalue weighted by molar-refractivity contribution is 0.0409. The maximum Gasteiger partial charge on any atom is 0.251 e. The number of aliphatic hydroxyl groups is 1. The van der Waals surface area contributed by atoms with Crippen molar-refractivity contribution in [2.24, 2.45) is 5.92 Å². The Morgan fingerprint density at radius 2 is 2.19 bits per heavy atom. The van der Waals surface area contributed by atoms with Crippen molar-refractivity contribution in [2.75, 3.05) is 13.2 Å². The first-order valence-electron chi connectivity index (χ1n) is 9.78. The number of amides is 1. The lowest BCUT2D eigenvalue weighted by atomic mass is 9.87. The third-order valence-corrected chi connectivity index (χ3v) is 5.39. The largest absolute Gasteiger partial charge is 0.467 e. The number of hydrogen-bond donors (Lipinski definition) is 2. The zero-order valence-corrected chi connectivity index (χ0v) is 16.3. The Hall–Kier alpha value is -2.11. The van der Waals surface area contributed by atoms with Crippen molar-refractivity contribution < 1.29 is 14.3 Å². The van der Waals surface area contributed by atoms with E-state index in [0.29, 0.717) is 18.0 Å². The van der Waals surface area contributed by atoms with Crippen LogP contribution in [0.5, 0.6) is 0 Å². The highest BCUT2D eigenvalue weighted by Gasteiger charge is 2.40. The Labute approximate surface area is 161 Å². The molecule has 1 aromatic carbocycles. The number of nitrogens with zero attached hydrogens (tertiary/aromatic N) is 1. The van der Waals surface area contributed by atoms with Gasteiger partial charge in [-0.2, -0.15) is 0 Å². The van der Waals surface area contributed by atoms with Crippen molar-refractivity contribution in [1.82, 2.24) is 10.2 Å². The molecule has 0 bridgehead atoms. The number of benzene rings is 1. The second-order valence-electron chi connectivity index (χ2n) is 7.97. The summed E-state index contributed by atoms with van der Waals surface area (Å²) in [6.07, 6.45) is 4.73. The number of furan rings is 1. The van der Waals surface area contributed by atoms with Crippen LogP contribution in [0.25, 0.3) is 0 Å². The molecule has 5 nitrogen and oxygen atoms in total. The molecule has 0 aliphatic carbocycles. The average molecular weight is 370 g/mol. The summed E-state index contributed by atoms with van der Waals surface area (Å²) in [4.78, 5) is 14.8. The zero-order chi connectivity index (χ0) is 19.3. The van der Waals surface area contributed by atoms with Gasteiger partial charge < -0.3 is 14.8 Å². The van der Waals surface area contributed by atoms with Crippen LogP contribution in [0.3, 0.4) is 0 Å². The second kappa shape index (κ2) is 8.72. The number of rotatable bonds is 8. The third kappa shape index (κ3) is 4.79. The fourth-order valence-corrected chi connectivity index (χ4v) is 4.19. The van der Waals surface area contributed by atoms with E-state index in [2.05, 4.69) is 30.1 Å². The molecule has 27 heavy (non-hydrogen) atoms. The SMILES string of the molecule is CC(C)CC1(CO)CCCN1Cc1cccc(C(=O)NCc2ccco2)c1. The van der Waals surface area contributed by atoms with Crippen LogP contribution in [-0.2, 0) is 13.1 Å². The standard InChI is InChI=1S/C22H30N2O3/c1-17(2)13-22(16-25)9-5-10-24(22)15-18-6-3-7-19(12-18)21(26)23-14-20-8-4-11-27-20/h3-4,6-8,11-12,17,25H,5,9-10,13-16H2,1-2H3,(H,23,26). The fraction of sp³-hybridized carbons (Fsp3) is 0.500. The zero-order valence-electron chi connectivity index (χ0n) is 16.3. The van der Waals surface area contributed by atoms with Crippen LogP contribution in [0.15, 0.2) is 47.1 Å². The molecular weight excluding hydrogens is 340 g/mol. The third-order valence-electron chi connectivity index (χ3n) is 5.39. The lowest BCUT2D eigenvalue weighted by Gasteiger charge is -2.38. The van der Waals surface area contributed by atoms with Gasteiger partial charge in [0.15, 0.2) is 0 Å². The van der Waals surface area contributed by atoms with Gasteiger partial charge in [0.2, 0.25) is 0 Å². The molecule has 0 spiro atoms. The molecular formula is C22H30N2O3. The topological polar surface area (TPSA) is 65.7 Å². The summed E-state index contributed by atoms with van der Waals surface area (Å²) in [5, 5.41) is 13.0. The van der Waals surface area contributed by atoms with E-state index in [4.69, 9.17) is 4.42 Å². The lowest BCUT2D eigenvalue weighted by Crippen LogP contribution is -2.47. The smallest absolute Gasteiger partial charge is 0.251 e. The maximum absolute atomic E-state index is 12.5. The molecule has 1 saturated heterocycles. The van der Waals surface area contributed by atoms with E-state index < -0.39 is 0 Å². The van der Waals surface area contributed by atoms with Crippen LogP contribution in [-0.4, -0.2) is 34.6 Å². The second-order valence-corrected chi connectivity index (χ2v) is 7.97. The van der Waals surface area contributed by atoms with Crippen LogP contribution < -0.4 is 5.32 Å². The van der Waals surface area contributed by atoms with Crippen LogP contribution in [0, 0.1) is 5.92 Å². The summed E-state index contributed by atoms with van der Waals surface area (Å²) in [5.41, 5.74) is 1.62. The fourth-order valence-electron chi connectivity index (χ4n) is 4.19. The predicted molar refractivity (Wildman–Crippen MR) is 105 cm³/mol. The maximum atomic E-state index is 12.5. The Morgan fingerprint density at radius 3 is 2.89 bits per heavy atom. The van der Waals surface area contributed by atoms with Crippen molar-refractivity contribution >= 4 is 5.91 Å². The van der Waals surface area contributed by atoms with Gasteiger partial charge in [-0.25, -0.2) is 0 Å². The van der Waals surface area contributed by atoms with Gasteiger partial charge in [0.05, 0.1) is 19.4 Å². The van der Waals surface area contributed by atoms with E-state index >= 15 is 0 Å². The quantitative estimate of drug-likeness (QED) is 0.745.